The van der Waals surface area contributed by atoms with Gasteiger partial charge in [-0.15, -0.1) is 0 Å². The molecule has 0 aromatic heterocycles. The number of ether oxygens (including phenoxy) is 2. The molecule has 1 aliphatic heterocycles. The van der Waals surface area contributed by atoms with Gasteiger partial charge in [0.2, 0.25) is 0 Å². The lowest BCUT2D eigenvalue weighted by molar-refractivity contribution is 0.0664. The van der Waals surface area contributed by atoms with Gasteiger partial charge in [-0.1, -0.05) is 12.1 Å². The molecule has 0 spiro atoms. The van der Waals surface area contributed by atoms with E-state index < -0.39 is 0 Å². The van der Waals surface area contributed by atoms with Crippen LogP contribution in [-0.4, -0.2) is 25.8 Å². The molecule has 2 unspecified atom stereocenters. The van der Waals surface area contributed by atoms with Crippen LogP contribution in [0.2, 0.25) is 0 Å². The summed E-state index contributed by atoms with van der Waals surface area (Å²) in [6.45, 7) is 6.61. The molecule has 0 aliphatic carbocycles. The molecule has 1 heterocycles. The summed E-state index contributed by atoms with van der Waals surface area (Å²) in [6, 6.07) is 8.75. The van der Waals surface area contributed by atoms with E-state index in [9.17, 15) is 0 Å². The predicted molar refractivity (Wildman–Crippen MR) is 68.4 cm³/mol. The van der Waals surface area contributed by atoms with Gasteiger partial charge in [0.05, 0.1) is 12.7 Å². The van der Waals surface area contributed by atoms with Gasteiger partial charge < -0.3 is 14.8 Å². The number of hydrogen-bond acceptors (Lipinski definition) is 3. The van der Waals surface area contributed by atoms with Crippen molar-refractivity contribution in [2.75, 3.05) is 19.8 Å². The second kappa shape index (κ2) is 6.03. The summed E-state index contributed by atoms with van der Waals surface area (Å²) in [5, 5.41) is 3.48. The molecular formula is C14H21NO2. The molecule has 1 fully saturated rings. The minimum absolute atomic E-state index is 0.163. The molecule has 1 aliphatic rings. The average Bonchev–Trinajstić information content (AvgIpc) is 2.56. The van der Waals surface area contributed by atoms with Crippen molar-refractivity contribution in [3.8, 4) is 5.75 Å². The molecule has 3 nitrogen and oxygen atoms in total. The highest BCUT2D eigenvalue weighted by molar-refractivity contribution is 5.28. The molecule has 0 amide bonds. The van der Waals surface area contributed by atoms with Crippen LogP contribution in [0.1, 0.15) is 31.9 Å². The van der Waals surface area contributed by atoms with Crippen LogP contribution in [0, 0.1) is 0 Å². The predicted octanol–water partition coefficient (Wildman–Crippen LogP) is 2.52. The molecule has 0 radical (unpaired) electrons. The SMILES string of the molecule is CCOc1ccc(C2CNC(C)CCO2)cc1. The van der Waals surface area contributed by atoms with Gasteiger partial charge in [-0.2, -0.15) is 0 Å². The van der Waals surface area contributed by atoms with Crippen LogP contribution in [0.25, 0.3) is 0 Å². The Morgan fingerprint density at radius 2 is 2.12 bits per heavy atom. The van der Waals surface area contributed by atoms with Crippen LogP contribution in [0.5, 0.6) is 5.75 Å². The summed E-state index contributed by atoms with van der Waals surface area (Å²) in [6.07, 6.45) is 1.24. The van der Waals surface area contributed by atoms with Gasteiger partial charge in [0.1, 0.15) is 5.75 Å². The van der Waals surface area contributed by atoms with E-state index in [-0.39, 0.29) is 6.10 Å². The molecule has 3 heteroatoms. The van der Waals surface area contributed by atoms with Crippen LogP contribution in [0.15, 0.2) is 24.3 Å². The van der Waals surface area contributed by atoms with Crippen molar-refractivity contribution in [2.45, 2.75) is 32.4 Å². The minimum Gasteiger partial charge on any atom is -0.494 e. The normalized spacial score (nSPS) is 25.3. The maximum atomic E-state index is 5.86. The molecule has 2 rings (SSSR count). The zero-order chi connectivity index (χ0) is 12.1. The van der Waals surface area contributed by atoms with Crippen LogP contribution in [-0.2, 0) is 4.74 Å². The Hall–Kier alpha value is -1.06. The number of nitrogens with one attached hydrogen (secondary N) is 1. The van der Waals surface area contributed by atoms with Crippen molar-refractivity contribution < 1.29 is 9.47 Å². The van der Waals surface area contributed by atoms with Gasteiger partial charge in [-0.05, 0) is 38.0 Å². The van der Waals surface area contributed by atoms with E-state index >= 15 is 0 Å². The highest BCUT2D eigenvalue weighted by Crippen LogP contribution is 2.22. The third-order valence-corrected chi connectivity index (χ3v) is 3.08. The minimum atomic E-state index is 0.163. The molecule has 1 N–H and O–H groups in total. The van der Waals surface area contributed by atoms with Crippen LogP contribution >= 0.6 is 0 Å². The topological polar surface area (TPSA) is 30.5 Å². The maximum Gasteiger partial charge on any atom is 0.119 e. The van der Waals surface area contributed by atoms with Crippen molar-refractivity contribution in [3.05, 3.63) is 29.8 Å². The van der Waals surface area contributed by atoms with Crippen LogP contribution < -0.4 is 10.1 Å². The first kappa shape index (κ1) is 12.4. The molecule has 94 valence electrons. The van der Waals surface area contributed by atoms with Gasteiger partial charge in [0.25, 0.3) is 0 Å². The Balaban J connectivity index is 2.00. The van der Waals surface area contributed by atoms with Crippen LogP contribution in [0.3, 0.4) is 0 Å². The van der Waals surface area contributed by atoms with Crippen molar-refractivity contribution >= 4 is 0 Å². The Labute approximate surface area is 103 Å². The third-order valence-electron chi connectivity index (χ3n) is 3.08. The van der Waals surface area contributed by atoms with Gasteiger partial charge >= 0.3 is 0 Å². The van der Waals surface area contributed by atoms with Crippen molar-refractivity contribution in [3.63, 3.8) is 0 Å². The summed E-state index contributed by atoms with van der Waals surface area (Å²) in [5.74, 6) is 0.922. The number of benzene rings is 1. The van der Waals surface area contributed by atoms with Gasteiger partial charge in [0, 0.05) is 19.2 Å². The van der Waals surface area contributed by atoms with E-state index in [0.717, 1.165) is 25.3 Å². The van der Waals surface area contributed by atoms with Gasteiger partial charge in [-0.25, -0.2) is 0 Å². The molecule has 1 aromatic rings. The molecule has 0 saturated carbocycles. The zero-order valence-corrected chi connectivity index (χ0v) is 10.6. The van der Waals surface area contributed by atoms with E-state index in [1.165, 1.54) is 5.56 Å². The summed E-state index contributed by atoms with van der Waals surface area (Å²) in [5.41, 5.74) is 1.22. The van der Waals surface area contributed by atoms with Crippen LogP contribution in [0.4, 0.5) is 0 Å². The highest BCUT2D eigenvalue weighted by Gasteiger charge is 2.17. The highest BCUT2D eigenvalue weighted by atomic mass is 16.5. The Morgan fingerprint density at radius 1 is 1.35 bits per heavy atom. The Morgan fingerprint density at radius 3 is 2.82 bits per heavy atom. The summed E-state index contributed by atoms with van der Waals surface area (Å²) >= 11 is 0. The first-order valence-corrected chi connectivity index (χ1v) is 6.37. The summed E-state index contributed by atoms with van der Waals surface area (Å²) < 4.78 is 11.3. The largest absolute Gasteiger partial charge is 0.494 e. The molecule has 1 saturated heterocycles. The monoisotopic (exact) mass is 235 g/mol. The number of rotatable bonds is 3. The van der Waals surface area contributed by atoms with E-state index in [0.29, 0.717) is 12.6 Å². The Kier molecular flexibility index (Phi) is 4.40. The van der Waals surface area contributed by atoms with E-state index in [4.69, 9.17) is 9.47 Å². The van der Waals surface area contributed by atoms with E-state index in [1.807, 2.05) is 19.1 Å². The number of hydrogen-bond donors (Lipinski definition) is 1. The molecule has 1 aromatic carbocycles. The standard InChI is InChI=1S/C14H21NO2/c1-3-16-13-6-4-12(5-7-13)14-10-15-11(2)8-9-17-14/h4-7,11,14-15H,3,8-10H2,1-2H3. The Bertz CT molecular complexity index is 337. The fraction of sp³-hybridized carbons (Fsp3) is 0.571. The van der Waals surface area contributed by atoms with Crippen molar-refractivity contribution in [2.24, 2.45) is 0 Å². The van der Waals surface area contributed by atoms with E-state index in [1.54, 1.807) is 0 Å². The third kappa shape index (κ3) is 3.45. The average molecular weight is 235 g/mol. The summed E-state index contributed by atoms with van der Waals surface area (Å²) in [7, 11) is 0. The van der Waals surface area contributed by atoms with Gasteiger partial charge in [-0.3, -0.25) is 0 Å². The first-order valence-electron chi connectivity index (χ1n) is 6.37. The lowest BCUT2D eigenvalue weighted by Gasteiger charge is -2.16. The second-order valence-electron chi connectivity index (χ2n) is 4.46. The molecular weight excluding hydrogens is 214 g/mol. The second-order valence-corrected chi connectivity index (χ2v) is 4.46. The molecule has 0 bridgehead atoms. The first-order chi connectivity index (χ1) is 8.29. The molecule has 2 atom stereocenters. The smallest absolute Gasteiger partial charge is 0.119 e. The molecule has 17 heavy (non-hydrogen) atoms. The lowest BCUT2D eigenvalue weighted by Crippen LogP contribution is -2.27. The lowest BCUT2D eigenvalue weighted by atomic mass is 10.1. The zero-order valence-electron chi connectivity index (χ0n) is 10.6. The quantitative estimate of drug-likeness (QED) is 0.873. The fourth-order valence-electron chi connectivity index (χ4n) is 2.02. The van der Waals surface area contributed by atoms with Crippen molar-refractivity contribution in [1.29, 1.82) is 0 Å². The summed E-state index contributed by atoms with van der Waals surface area (Å²) in [4.78, 5) is 0. The fourth-order valence-corrected chi connectivity index (χ4v) is 2.02. The maximum absolute atomic E-state index is 5.86. The van der Waals surface area contributed by atoms with E-state index in [2.05, 4.69) is 24.4 Å². The van der Waals surface area contributed by atoms with Gasteiger partial charge in [0.15, 0.2) is 0 Å². The van der Waals surface area contributed by atoms with Crippen molar-refractivity contribution in [1.82, 2.24) is 5.32 Å².